The molecule has 1 spiro atoms. The summed E-state index contributed by atoms with van der Waals surface area (Å²) < 4.78 is 13.1. The second-order valence-electron chi connectivity index (χ2n) is 10.3. The summed E-state index contributed by atoms with van der Waals surface area (Å²) in [6.45, 7) is 3.81. The van der Waals surface area contributed by atoms with Gasteiger partial charge in [-0.1, -0.05) is 6.07 Å². The second-order valence-corrected chi connectivity index (χ2v) is 10.3. The van der Waals surface area contributed by atoms with E-state index in [1.807, 2.05) is 7.11 Å². The van der Waals surface area contributed by atoms with Gasteiger partial charge in [-0.15, -0.1) is 24.8 Å². The lowest BCUT2D eigenvalue weighted by Gasteiger charge is -2.65. The highest BCUT2D eigenvalue weighted by Gasteiger charge is 2.73. The van der Waals surface area contributed by atoms with Gasteiger partial charge in [-0.3, -0.25) is 15.0 Å². The Morgan fingerprint density at radius 3 is 2.73 bits per heavy atom. The maximum absolute atomic E-state index is 11.6. The summed E-state index contributed by atoms with van der Waals surface area (Å²) in [4.78, 5) is 14.2. The van der Waals surface area contributed by atoms with Crippen LogP contribution in [0.25, 0.3) is 0 Å². The largest absolute Gasteiger partial charge is 0.504 e. The lowest BCUT2D eigenvalue weighted by molar-refractivity contribution is -0.208. The fourth-order valence-electron chi connectivity index (χ4n) is 7.43. The summed E-state index contributed by atoms with van der Waals surface area (Å²) >= 11 is 0. The zero-order chi connectivity index (χ0) is 21.5. The zero-order valence-electron chi connectivity index (χ0n) is 19.1. The normalized spacial score (nSPS) is 36.6. The van der Waals surface area contributed by atoms with Crippen molar-refractivity contribution in [3.05, 3.63) is 23.3 Å². The fourth-order valence-corrected chi connectivity index (χ4v) is 7.43. The number of methoxy groups -OCH3 is 1. The van der Waals surface area contributed by atoms with Gasteiger partial charge < -0.3 is 19.7 Å². The molecular weight excluding hydrogens is 467 g/mol. The van der Waals surface area contributed by atoms with Gasteiger partial charge in [0.15, 0.2) is 11.5 Å². The van der Waals surface area contributed by atoms with E-state index in [0.717, 1.165) is 50.3 Å². The molecule has 0 radical (unpaired) electrons. The van der Waals surface area contributed by atoms with Gasteiger partial charge in [0.1, 0.15) is 12.1 Å². The number of phenolic OH excluding ortho intramolecular Hbond substituents is 1. The van der Waals surface area contributed by atoms with E-state index in [9.17, 15) is 15.0 Å². The van der Waals surface area contributed by atoms with Crippen LogP contribution in [-0.2, 0) is 21.4 Å². The summed E-state index contributed by atoms with van der Waals surface area (Å²) in [5.74, 6) is 0.719. The van der Waals surface area contributed by atoms with E-state index in [0.29, 0.717) is 5.75 Å². The number of hydrogen-bond acceptors (Lipinski definition) is 6. The highest BCUT2D eigenvalue weighted by molar-refractivity contribution is 5.85. The number of benzene rings is 1. The number of phenols is 1. The number of aliphatic carboxylic acids is 1. The average Bonchev–Trinajstić information content (AvgIpc) is 3.50. The van der Waals surface area contributed by atoms with Gasteiger partial charge in [-0.05, 0) is 69.5 Å². The smallest absolute Gasteiger partial charge is 0.320 e. The maximum atomic E-state index is 11.6. The molecule has 33 heavy (non-hydrogen) atoms. The van der Waals surface area contributed by atoms with Crippen LogP contribution >= 0.6 is 24.8 Å². The van der Waals surface area contributed by atoms with Crippen molar-refractivity contribution in [3.63, 3.8) is 0 Å². The summed E-state index contributed by atoms with van der Waals surface area (Å²) in [6.07, 6.45) is 5.85. The van der Waals surface area contributed by atoms with Gasteiger partial charge in [0.05, 0.1) is 11.0 Å². The molecule has 5 aliphatic rings. The number of carbonyl (C=O) groups is 1. The molecular formula is C24H34Cl2N2O5. The van der Waals surface area contributed by atoms with Crippen molar-refractivity contribution in [1.29, 1.82) is 0 Å². The SMILES string of the molecule is CO[C@@]12CCC(N[C@@H](C)C(=O)O)C3Oc4c(O)ccc5c4[C@@]31CCN(CC1CC1)[C@@H]2C5.Cl.Cl. The number of carboxylic acids is 1. The third kappa shape index (κ3) is 3.23. The molecule has 0 amide bonds. The Labute approximate surface area is 207 Å². The third-order valence-corrected chi connectivity index (χ3v) is 8.92. The van der Waals surface area contributed by atoms with E-state index in [2.05, 4.69) is 16.3 Å². The first kappa shape index (κ1) is 24.9. The molecule has 2 saturated carbocycles. The first-order chi connectivity index (χ1) is 14.9. The third-order valence-electron chi connectivity index (χ3n) is 8.92. The quantitative estimate of drug-likeness (QED) is 0.552. The highest BCUT2D eigenvalue weighted by atomic mass is 35.5. The lowest BCUT2D eigenvalue weighted by atomic mass is 9.48. The van der Waals surface area contributed by atoms with Crippen molar-refractivity contribution < 1.29 is 24.5 Å². The molecule has 0 aromatic heterocycles. The summed E-state index contributed by atoms with van der Waals surface area (Å²) in [5, 5.41) is 23.5. The van der Waals surface area contributed by atoms with Crippen LogP contribution in [0.3, 0.4) is 0 Å². The first-order valence-electron chi connectivity index (χ1n) is 11.7. The lowest BCUT2D eigenvalue weighted by Crippen LogP contribution is -2.79. The van der Waals surface area contributed by atoms with Gasteiger partial charge in [0.2, 0.25) is 0 Å². The Balaban J connectivity index is 0.00000130. The molecule has 2 unspecified atom stereocenters. The molecule has 6 atom stereocenters. The summed E-state index contributed by atoms with van der Waals surface area (Å²) in [6, 6.07) is 3.32. The standard InChI is InChI=1S/C24H32N2O5.2ClH/c1-13(22(28)29)25-16-7-8-24(30-2)18-11-15-5-6-17(27)20-19(15)23(24,21(16)31-20)9-10-26(18)12-14-3-4-14;;/h5-6,13-14,16,18,21,25,27H,3-4,7-12H2,1-2H3,(H,28,29);2*1H/t13-,16?,18+,21?,23-,24+;;/m0../s1. The van der Waals surface area contributed by atoms with Crippen LogP contribution in [0.15, 0.2) is 12.1 Å². The second kappa shape index (κ2) is 8.45. The Bertz CT molecular complexity index is 944. The van der Waals surface area contributed by atoms with E-state index in [1.165, 1.54) is 18.4 Å². The van der Waals surface area contributed by atoms with E-state index in [-0.39, 0.29) is 59.8 Å². The zero-order valence-corrected chi connectivity index (χ0v) is 20.7. The minimum atomic E-state index is -0.860. The Hall–Kier alpha value is -1.25. The molecule has 3 aliphatic carbocycles. The molecule has 6 rings (SSSR count). The van der Waals surface area contributed by atoms with Gasteiger partial charge in [0.25, 0.3) is 0 Å². The molecule has 2 aliphatic heterocycles. The van der Waals surface area contributed by atoms with E-state index >= 15 is 0 Å². The van der Waals surface area contributed by atoms with Crippen LogP contribution in [-0.4, -0.2) is 71.1 Å². The van der Waals surface area contributed by atoms with Crippen LogP contribution in [0.1, 0.15) is 50.2 Å². The molecule has 2 heterocycles. The molecule has 1 aromatic rings. The molecule has 3 fully saturated rings. The number of halogens is 2. The van der Waals surface area contributed by atoms with Crippen molar-refractivity contribution in [2.24, 2.45) is 5.92 Å². The molecule has 1 aromatic carbocycles. The minimum Gasteiger partial charge on any atom is -0.504 e. The van der Waals surface area contributed by atoms with E-state index < -0.39 is 12.0 Å². The predicted octanol–water partition coefficient (Wildman–Crippen LogP) is 2.89. The number of nitrogens with zero attached hydrogens (tertiary/aromatic N) is 1. The van der Waals surface area contributed by atoms with Crippen LogP contribution in [0.2, 0.25) is 0 Å². The van der Waals surface area contributed by atoms with Gasteiger partial charge in [0, 0.05) is 31.3 Å². The van der Waals surface area contributed by atoms with Gasteiger partial charge in [-0.25, -0.2) is 0 Å². The van der Waals surface area contributed by atoms with E-state index in [4.69, 9.17) is 9.47 Å². The number of piperidine rings is 1. The molecule has 7 nitrogen and oxygen atoms in total. The minimum absolute atomic E-state index is 0. The monoisotopic (exact) mass is 500 g/mol. The number of aromatic hydroxyl groups is 1. The molecule has 1 saturated heterocycles. The first-order valence-corrected chi connectivity index (χ1v) is 11.7. The number of nitrogens with one attached hydrogen (secondary N) is 1. The van der Waals surface area contributed by atoms with Crippen molar-refractivity contribution in [1.82, 2.24) is 10.2 Å². The number of hydrogen-bond donors (Lipinski definition) is 3. The maximum Gasteiger partial charge on any atom is 0.320 e. The van der Waals surface area contributed by atoms with Crippen molar-refractivity contribution >= 4 is 30.8 Å². The van der Waals surface area contributed by atoms with E-state index in [1.54, 1.807) is 13.0 Å². The van der Waals surface area contributed by atoms with Crippen LogP contribution in [0, 0.1) is 5.92 Å². The fraction of sp³-hybridized carbons (Fsp3) is 0.708. The van der Waals surface area contributed by atoms with Gasteiger partial charge in [-0.2, -0.15) is 0 Å². The van der Waals surface area contributed by atoms with Crippen molar-refractivity contribution in [2.45, 2.75) is 80.7 Å². The molecule has 9 heteroatoms. The molecule has 2 bridgehead atoms. The van der Waals surface area contributed by atoms with Crippen molar-refractivity contribution in [2.75, 3.05) is 20.2 Å². The van der Waals surface area contributed by atoms with Crippen LogP contribution < -0.4 is 10.1 Å². The summed E-state index contributed by atoms with van der Waals surface area (Å²) in [5.41, 5.74) is 1.61. The Morgan fingerprint density at radius 1 is 1.30 bits per heavy atom. The number of carboxylic acid groups (broad SMARTS) is 1. The van der Waals surface area contributed by atoms with Crippen LogP contribution in [0.4, 0.5) is 0 Å². The Kier molecular flexibility index (Phi) is 6.37. The summed E-state index contributed by atoms with van der Waals surface area (Å²) in [7, 11) is 1.84. The highest BCUT2D eigenvalue weighted by Crippen LogP contribution is 2.66. The average molecular weight is 501 g/mol. The number of rotatable bonds is 6. The Morgan fingerprint density at radius 2 is 2.06 bits per heavy atom. The van der Waals surface area contributed by atoms with Crippen LogP contribution in [0.5, 0.6) is 11.5 Å². The van der Waals surface area contributed by atoms with Crippen molar-refractivity contribution in [3.8, 4) is 11.5 Å². The van der Waals surface area contributed by atoms with Gasteiger partial charge >= 0.3 is 5.97 Å². The number of ether oxygens (including phenoxy) is 2. The topological polar surface area (TPSA) is 91.3 Å². The molecule has 184 valence electrons. The molecule has 3 N–H and O–H groups in total. The number of likely N-dealkylation sites (tertiary alicyclic amines) is 1. The predicted molar refractivity (Wildman–Crippen MR) is 128 cm³/mol.